The van der Waals surface area contributed by atoms with Crippen molar-refractivity contribution < 1.29 is 24.2 Å². The Morgan fingerprint density at radius 1 is 1.23 bits per heavy atom. The normalized spacial score (nSPS) is 13.3. The molecule has 2 aromatic carbocycles. The predicted octanol–water partition coefficient (Wildman–Crippen LogP) is 1.42. The minimum Gasteiger partial charge on any atom is -0.495 e. The number of amides is 2. The summed E-state index contributed by atoms with van der Waals surface area (Å²) < 4.78 is 10.5. The van der Waals surface area contributed by atoms with Crippen LogP contribution in [0, 0.1) is 0 Å². The maximum absolute atomic E-state index is 12.0. The molecule has 1 aliphatic rings. The predicted molar refractivity (Wildman–Crippen MR) is 95.2 cm³/mol. The first-order valence-electron chi connectivity index (χ1n) is 8.24. The zero-order valence-corrected chi connectivity index (χ0v) is 14.3. The van der Waals surface area contributed by atoms with Crippen LogP contribution in [-0.4, -0.2) is 37.2 Å². The van der Waals surface area contributed by atoms with Crippen molar-refractivity contribution in [1.29, 1.82) is 0 Å². The zero-order valence-electron chi connectivity index (χ0n) is 14.3. The van der Waals surface area contributed by atoms with E-state index in [0.717, 1.165) is 17.7 Å². The molecule has 0 fully saturated rings. The van der Waals surface area contributed by atoms with Gasteiger partial charge in [-0.1, -0.05) is 18.2 Å². The van der Waals surface area contributed by atoms with Crippen molar-refractivity contribution in [2.45, 2.75) is 12.5 Å². The summed E-state index contributed by atoms with van der Waals surface area (Å²) >= 11 is 0. The van der Waals surface area contributed by atoms with Crippen LogP contribution in [0.3, 0.4) is 0 Å². The summed E-state index contributed by atoms with van der Waals surface area (Å²) in [5.41, 5.74) is 2.09. The van der Waals surface area contributed by atoms with Crippen molar-refractivity contribution >= 4 is 17.5 Å². The Labute approximate surface area is 150 Å². The Morgan fingerprint density at radius 2 is 2.04 bits per heavy atom. The fourth-order valence-electron chi connectivity index (χ4n) is 2.73. The van der Waals surface area contributed by atoms with Gasteiger partial charge < -0.3 is 25.2 Å². The van der Waals surface area contributed by atoms with E-state index >= 15 is 0 Å². The van der Waals surface area contributed by atoms with Crippen molar-refractivity contribution in [2.75, 3.05) is 25.6 Å². The van der Waals surface area contributed by atoms with Crippen LogP contribution in [0.4, 0.5) is 5.69 Å². The second-order valence-corrected chi connectivity index (χ2v) is 5.85. The molecule has 0 radical (unpaired) electrons. The van der Waals surface area contributed by atoms with E-state index in [0.29, 0.717) is 23.6 Å². The van der Waals surface area contributed by atoms with Crippen LogP contribution in [0.25, 0.3) is 0 Å². The Morgan fingerprint density at radius 3 is 2.85 bits per heavy atom. The molecule has 2 amide bonds. The van der Waals surface area contributed by atoms with Crippen LogP contribution in [-0.2, 0) is 16.0 Å². The molecular weight excluding hydrogens is 336 g/mol. The Bertz CT molecular complexity index is 821. The number of para-hydroxylation sites is 2. The minimum atomic E-state index is -0.913. The lowest BCUT2D eigenvalue weighted by Gasteiger charge is -2.14. The van der Waals surface area contributed by atoms with Crippen molar-refractivity contribution in [3.63, 3.8) is 0 Å². The maximum Gasteiger partial charge on any atom is 0.313 e. The van der Waals surface area contributed by atoms with E-state index in [2.05, 4.69) is 10.6 Å². The monoisotopic (exact) mass is 356 g/mol. The molecule has 1 heterocycles. The number of ether oxygens (including phenoxy) is 2. The Kier molecular flexibility index (Phi) is 5.38. The van der Waals surface area contributed by atoms with Gasteiger partial charge in [-0.25, -0.2) is 0 Å². The average molecular weight is 356 g/mol. The summed E-state index contributed by atoms with van der Waals surface area (Å²) in [7, 11) is 1.48. The molecule has 1 unspecified atom stereocenters. The number of aliphatic hydroxyl groups is 1. The summed E-state index contributed by atoms with van der Waals surface area (Å²) in [5, 5.41) is 15.2. The van der Waals surface area contributed by atoms with Gasteiger partial charge in [0.25, 0.3) is 0 Å². The minimum absolute atomic E-state index is 0.0716. The zero-order chi connectivity index (χ0) is 18.5. The number of carbonyl (C=O) groups is 2. The fourth-order valence-corrected chi connectivity index (χ4v) is 2.73. The van der Waals surface area contributed by atoms with Crippen LogP contribution in [0.15, 0.2) is 42.5 Å². The van der Waals surface area contributed by atoms with Crippen molar-refractivity contribution in [3.8, 4) is 11.5 Å². The first-order chi connectivity index (χ1) is 12.6. The number of aliphatic hydroxyl groups excluding tert-OH is 1. The molecule has 0 aromatic heterocycles. The molecule has 1 atom stereocenters. The topological polar surface area (TPSA) is 96.9 Å². The summed E-state index contributed by atoms with van der Waals surface area (Å²) in [5.74, 6) is -0.390. The molecule has 0 saturated heterocycles. The summed E-state index contributed by atoms with van der Waals surface area (Å²) in [6, 6.07) is 12.2. The molecule has 136 valence electrons. The van der Waals surface area contributed by atoms with E-state index in [1.807, 2.05) is 6.07 Å². The molecule has 7 heteroatoms. The van der Waals surface area contributed by atoms with Crippen molar-refractivity contribution in [1.82, 2.24) is 5.32 Å². The molecular formula is C19H20N2O5. The van der Waals surface area contributed by atoms with Gasteiger partial charge in [0.1, 0.15) is 11.5 Å². The second kappa shape index (κ2) is 7.88. The second-order valence-electron chi connectivity index (χ2n) is 5.85. The molecule has 1 aliphatic heterocycles. The van der Waals surface area contributed by atoms with Crippen LogP contribution in [0.2, 0.25) is 0 Å². The van der Waals surface area contributed by atoms with Crippen molar-refractivity contribution in [3.05, 3.63) is 53.6 Å². The third-order valence-corrected chi connectivity index (χ3v) is 4.12. The number of fused-ring (bicyclic) bond motifs is 1. The lowest BCUT2D eigenvalue weighted by molar-refractivity contribution is -0.136. The highest BCUT2D eigenvalue weighted by Gasteiger charge is 2.19. The van der Waals surface area contributed by atoms with Gasteiger partial charge in [-0.05, 0) is 35.4 Å². The van der Waals surface area contributed by atoms with Gasteiger partial charge >= 0.3 is 11.8 Å². The third kappa shape index (κ3) is 3.94. The maximum atomic E-state index is 12.0. The number of methoxy groups -OCH3 is 1. The van der Waals surface area contributed by atoms with Crippen LogP contribution in [0.1, 0.15) is 17.2 Å². The van der Waals surface area contributed by atoms with Crippen molar-refractivity contribution in [2.24, 2.45) is 0 Å². The highest BCUT2D eigenvalue weighted by atomic mass is 16.5. The fraction of sp³-hybridized carbons (Fsp3) is 0.263. The number of rotatable bonds is 5. The van der Waals surface area contributed by atoms with E-state index in [1.165, 1.54) is 7.11 Å². The standard InChI is InChI=1S/C19H20N2O5/c1-25-17-5-3-2-4-14(17)21-19(24)18(23)20-11-15(22)12-6-7-16-13(10-12)8-9-26-16/h2-7,10,15,22H,8-9,11H2,1H3,(H,20,23)(H,21,24). The average Bonchev–Trinajstić information content (AvgIpc) is 3.13. The van der Waals surface area contributed by atoms with E-state index in [-0.39, 0.29) is 6.54 Å². The highest BCUT2D eigenvalue weighted by Crippen LogP contribution is 2.28. The highest BCUT2D eigenvalue weighted by molar-refractivity contribution is 6.39. The molecule has 2 aromatic rings. The molecule has 3 rings (SSSR count). The van der Waals surface area contributed by atoms with Crippen LogP contribution < -0.4 is 20.1 Å². The number of hydrogen-bond acceptors (Lipinski definition) is 5. The first-order valence-corrected chi connectivity index (χ1v) is 8.24. The van der Waals surface area contributed by atoms with Gasteiger partial charge in [0.15, 0.2) is 0 Å². The molecule has 0 saturated carbocycles. The number of carbonyl (C=O) groups excluding carboxylic acids is 2. The van der Waals surface area contributed by atoms with E-state index < -0.39 is 17.9 Å². The molecule has 3 N–H and O–H groups in total. The number of anilines is 1. The van der Waals surface area contributed by atoms with Gasteiger partial charge in [-0.3, -0.25) is 9.59 Å². The van der Waals surface area contributed by atoms with Gasteiger partial charge in [-0.15, -0.1) is 0 Å². The number of hydrogen-bond donors (Lipinski definition) is 3. The Hall–Kier alpha value is -3.06. The molecule has 0 bridgehead atoms. The Balaban J connectivity index is 1.55. The SMILES string of the molecule is COc1ccccc1NC(=O)C(=O)NCC(O)c1ccc2c(c1)CCO2. The van der Waals surface area contributed by atoms with Crippen LogP contribution in [0.5, 0.6) is 11.5 Å². The van der Waals surface area contributed by atoms with Crippen LogP contribution >= 0.6 is 0 Å². The molecule has 0 spiro atoms. The first kappa shape index (κ1) is 17.8. The molecule has 26 heavy (non-hydrogen) atoms. The van der Waals surface area contributed by atoms with E-state index in [9.17, 15) is 14.7 Å². The third-order valence-electron chi connectivity index (χ3n) is 4.12. The van der Waals surface area contributed by atoms with Gasteiger partial charge in [0, 0.05) is 13.0 Å². The smallest absolute Gasteiger partial charge is 0.313 e. The number of benzene rings is 2. The number of nitrogens with one attached hydrogen (secondary N) is 2. The van der Waals surface area contributed by atoms with Gasteiger partial charge in [0.05, 0.1) is 25.5 Å². The molecule has 7 nitrogen and oxygen atoms in total. The summed E-state index contributed by atoms with van der Waals surface area (Å²) in [4.78, 5) is 24.0. The van der Waals surface area contributed by atoms with E-state index in [1.54, 1.807) is 36.4 Å². The summed E-state index contributed by atoms with van der Waals surface area (Å²) in [6.07, 6.45) is -0.118. The lowest BCUT2D eigenvalue weighted by Crippen LogP contribution is -2.37. The molecule has 0 aliphatic carbocycles. The van der Waals surface area contributed by atoms with Gasteiger partial charge in [-0.2, -0.15) is 0 Å². The quantitative estimate of drug-likeness (QED) is 0.704. The largest absolute Gasteiger partial charge is 0.495 e. The lowest BCUT2D eigenvalue weighted by atomic mass is 10.0. The van der Waals surface area contributed by atoms with Gasteiger partial charge in [0.2, 0.25) is 0 Å². The summed E-state index contributed by atoms with van der Waals surface area (Å²) in [6.45, 7) is 0.562. The van der Waals surface area contributed by atoms with E-state index in [4.69, 9.17) is 9.47 Å².